The predicted molar refractivity (Wildman–Crippen MR) is 79.8 cm³/mol. The predicted octanol–water partition coefficient (Wildman–Crippen LogP) is 4.29. The van der Waals surface area contributed by atoms with E-state index < -0.39 is 0 Å². The molecular formula is C18H12N2. The third kappa shape index (κ3) is 2.30. The maximum atomic E-state index is 9.06. The van der Waals surface area contributed by atoms with Gasteiger partial charge < -0.3 is 0 Å². The van der Waals surface area contributed by atoms with Crippen molar-refractivity contribution in [1.82, 2.24) is 4.98 Å². The standard InChI is InChI=1S/C18H12N2/c19-13-16-11-12-17(14-7-3-1-4-8-14)18(20-16)15-9-5-2-6-10-15/h1-12H. The molecule has 2 heteroatoms. The molecular weight excluding hydrogens is 244 g/mol. The van der Waals surface area contributed by atoms with Gasteiger partial charge in [-0.2, -0.15) is 5.26 Å². The molecule has 2 nitrogen and oxygen atoms in total. The molecule has 94 valence electrons. The Morgan fingerprint density at radius 1 is 0.700 bits per heavy atom. The highest BCUT2D eigenvalue weighted by Gasteiger charge is 2.09. The van der Waals surface area contributed by atoms with Gasteiger partial charge in [-0.25, -0.2) is 4.98 Å². The van der Waals surface area contributed by atoms with E-state index in [4.69, 9.17) is 5.26 Å². The fourth-order valence-corrected chi connectivity index (χ4v) is 2.19. The summed E-state index contributed by atoms with van der Waals surface area (Å²) >= 11 is 0. The van der Waals surface area contributed by atoms with Gasteiger partial charge in [0.05, 0.1) is 5.69 Å². The maximum absolute atomic E-state index is 9.06. The summed E-state index contributed by atoms with van der Waals surface area (Å²) < 4.78 is 0. The number of rotatable bonds is 2. The van der Waals surface area contributed by atoms with Crippen molar-refractivity contribution in [3.05, 3.63) is 78.5 Å². The zero-order valence-electron chi connectivity index (χ0n) is 10.8. The van der Waals surface area contributed by atoms with Gasteiger partial charge in [-0.05, 0) is 17.7 Å². The summed E-state index contributed by atoms with van der Waals surface area (Å²) in [6, 6.07) is 25.9. The Bertz CT molecular complexity index is 756. The highest BCUT2D eigenvalue weighted by molar-refractivity contribution is 5.80. The Kier molecular flexibility index (Phi) is 3.26. The van der Waals surface area contributed by atoms with Crippen LogP contribution in [-0.4, -0.2) is 4.98 Å². The van der Waals surface area contributed by atoms with Gasteiger partial charge in [-0.3, -0.25) is 0 Å². The van der Waals surface area contributed by atoms with Crippen molar-refractivity contribution < 1.29 is 0 Å². The molecule has 0 saturated heterocycles. The molecule has 0 radical (unpaired) electrons. The lowest BCUT2D eigenvalue weighted by Crippen LogP contribution is -1.92. The Hall–Kier alpha value is -2.92. The molecule has 1 aromatic heterocycles. The van der Waals surface area contributed by atoms with E-state index in [2.05, 4.69) is 23.2 Å². The lowest BCUT2D eigenvalue weighted by Gasteiger charge is -2.09. The highest BCUT2D eigenvalue weighted by atomic mass is 14.7. The molecule has 0 unspecified atom stereocenters. The monoisotopic (exact) mass is 256 g/mol. The van der Waals surface area contributed by atoms with E-state index in [1.807, 2.05) is 54.6 Å². The molecule has 1 heterocycles. The van der Waals surface area contributed by atoms with Crippen LogP contribution >= 0.6 is 0 Å². The lowest BCUT2D eigenvalue weighted by atomic mass is 9.99. The molecule has 3 rings (SSSR count). The van der Waals surface area contributed by atoms with E-state index in [-0.39, 0.29) is 0 Å². The van der Waals surface area contributed by atoms with Crippen LogP contribution in [0.3, 0.4) is 0 Å². The fourth-order valence-electron chi connectivity index (χ4n) is 2.19. The van der Waals surface area contributed by atoms with Crippen LogP contribution in [0.25, 0.3) is 22.4 Å². The van der Waals surface area contributed by atoms with E-state index in [0.717, 1.165) is 22.4 Å². The largest absolute Gasteiger partial charge is 0.236 e. The second-order valence-electron chi connectivity index (χ2n) is 4.44. The van der Waals surface area contributed by atoms with Crippen molar-refractivity contribution in [1.29, 1.82) is 5.26 Å². The molecule has 0 N–H and O–H groups in total. The van der Waals surface area contributed by atoms with Gasteiger partial charge in [0.2, 0.25) is 0 Å². The van der Waals surface area contributed by atoms with Crippen LogP contribution < -0.4 is 0 Å². The first kappa shape index (κ1) is 12.1. The van der Waals surface area contributed by atoms with Crippen molar-refractivity contribution >= 4 is 0 Å². The lowest BCUT2D eigenvalue weighted by molar-refractivity contribution is 1.27. The SMILES string of the molecule is N#Cc1ccc(-c2ccccc2)c(-c2ccccc2)n1. The third-order valence-corrected chi connectivity index (χ3v) is 3.14. The number of benzene rings is 2. The second kappa shape index (κ2) is 5.38. The van der Waals surface area contributed by atoms with E-state index >= 15 is 0 Å². The van der Waals surface area contributed by atoms with E-state index in [0.29, 0.717) is 5.69 Å². The Morgan fingerprint density at radius 3 is 1.90 bits per heavy atom. The molecule has 0 aliphatic carbocycles. The zero-order valence-corrected chi connectivity index (χ0v) is 10.8. The molecule has 0 aliphatic rings. The molecule has 0 bridgehead atoms. The Balaban J connectivity index is 2.23. The molecule has 0 spiro atoms. The van der Waals surface area contributed by atoms with Crippen molar-refractivity contribution in [2.24, 2.45) is 0 Å². The average Bonchev–Trinajstić information content (AvgIpc) is 2.56. The summed E-state index contributed by atoms with van der Waals surface area (Å²) in [7, 11) is 0. The maximum Gasteiger partial charge on any atom is 0.141 e. The number of hydrogen-bond donors (Lipinski definition) is 0. The van der Waals surface area contributed by atoms with Crippen LogP contribution in [0.4, 0.5) is 0 Å². The molecule has 0 amide bonds. The molecule has 0 fully saturated rings. The summed E-state index contributed by atoms with van der Waals surface area (Å²) in [5, 5.41) is 9.06. The fraction of sp³-hybridized carbons (Fsp3) is 0. The van der Waals surface area contributed by atoms with Gasteiger partial charge in [0.25, 0.3) is 0 Å². The quantitative estimate of drug-likeness (QED) is 0.686. The van der Waals surface area contributed by atoms with Crippen molar-refractivity contribution in [3.63, 3.8) is 0 Å². The highest BCUT2D eigenvalue weighted by Crippen LogP contribution is 2.30. The van der Waals surface area contributed by atoms with E-state index in [1.165, 1.54) is 0 Å². The molecule has 0 saturated carbocycles. The molecule has 0 aliphatic heterocycles. The van der Waals surface area contributed by atoms with Crippen LogP contribution in [0.15, 0.2) is 72.8 Å². The third-order valence-electron chi connectivity index (χ3n) is 3.14. The van der Waals surface area contributed by atoms with Crippen LogP contribution in [0.1, 0.15) is 5.69 Å². The zero-order chi connectivity index (χ0) is 13.8. The van der Waals surface area contributed by atoms with Crippen LogP contribution in [0.2, 0.25) is 0 Å². The van der Waals surface area contributed by atoms with Gasteiger partial charge in [-0.15, -0.1) is 0 Å². The second-order valence-corrected chi connectivity index (χ2v) is 4.44. The van der Waals surface area contributed by atoms with Gasteiger partial charge >= 0.3 is 0 Å². The minimum atomic E-state index is 0.434. The average molecular weight is 256 g/mol. The van der Waals surface area contributed by atoms with Crippen molar-refractivity contribution in [2.75, 3.05) is 0 Å². The molecule has 0 atom stereocenters. The summed E-state index contributed by atoms with van der Waals surface area (Å²) in [6.07, 6.45) is 0. The van der Waals surface area contributed by atoms with Crippen LogP contribution in [0.5, 0.6) is 0 Å². The number of hydrogen-bond acceptors (Lipinski definition) is 2. The summed E-state index contributed by atoms with van der Waals surface area (Å²) in [6.45, 7) is 0. The van der Waals surface area contributed by atoms with Crippen molar-refractivity contribution in [3.8, 4) is 28.5 Å². The van der Waals surface area contributed by atoms with Gasteiger partial charge in [0.15, 0.2) is 0 Å². The van der Waals surface area contributed by atoms with Crippen molar-refractivity contribution in [2.45, 2.75) is 0 Å². The molecule has 2 aromatic carbocycles. The normalized spacial score (nSPS) is 9.95. The number of aromatic nitrogens is 1. The topological polar surface area (TPSA) is 36.7 Å². The van der Waals surface area contributed by atoms with Gasteiger partial charge in [0.1, 0.15) is 11.8 Å². The first-order chi connectivity index (χ1) is 9.88. The molecule has 3 aromatic rings. The minimum Gasteiger partial charge on any atom is -0.236 e. The van der Waals surface area contributed by atoms with E-state index in [1.54, 1.807) is 6.07 Å². The number of nitrogens with zero attached hydrogens (tertiary/aromatic N) is 2. The number of nitriles is 1. The van der Waals surface area contributed by atoms with Gasteiger partial charge in [0, 0.05) is 11.1 Å². The van der Waals surface area contributed by atoms with E-state index in [9.17, 15) is 0 Å². The first-order valence-electron chi connectivity index (χ1n) is 6.40. The molecule has 20 heavy (non-hydrogen) atoms. The van der Waals surface area contributed by atoms with Gasteiger partial charge in [-0.1, -0.05) is 60.7 Å². The van der Waals surface area contributed by atoms with Crippen LogP contribution in [-0.2, 0) is 0 Å². The number of pyridine rings is 1. The Morgan fingerprint density at radius 2 is 1.30 bits per heavy atom. The first-order valence-corrected chi connectivity index (χ1v) is 6.40. The summed E-state index contributed by atoms with van der Waals surface area (Å²) in [4.78, 5) is 4.48. The smallest absolute Gasteiger partial charge is 0.141 e. The Labute approximate surface area is 118 Å². The summed E-state index contributed by atoms with van der Waals surface area (Å²) in [5.74, 6) is 0. The summed E-state index contributed by atoms with van der Waals surface area (Å²) in [5.41, 5.74) is 4.43. The minimum absolute atomic E-state index is 0.434. The van der Waals surface area contributed by atoms with Crippen LogP contribution in [0, 0.1) is 11.3 Å².